The van der Waals surface area contributed by atoms with E-state index >= 15 is 0 Å². The smallest absolute Gasteiger partial charge is 0.274 e. The molecule has 0 aliphatic heterocycles. The monoisotopic (exact) mass is 251 g/mol. The van der Waals surface area contributed by atoms with Crippen molar-refractivity contribution in [2.24, 2.45) is 18.2 Å². The fraction of sp³-hybridized carbons (Fsp3) is 0.538. The average molecular weight is 251 g/mol. The molecule has 0 atom stereocenters. The van der Waals surface area contributed by atoms with Gasteiger partial charge in [0.05, 0.1) is 5.41 Å². The summed E-state index contributed by atoms with van der Waals surface area (Å²) < 4.78 is 1.43. The molecule has 1 heterocycles. The predicted octanol–water partition coefficient (Wildman–Crippen LogP) is 1.09. The fourth-order valence-corrected chi connectivity index (χ4v) is 1.90. The Balaban J connectivity index is 3.00. The normalized spacial score (nSPS) is 11.3. The number of hydrogen-bond acceptors (Lipinski definition) is 3. The van der Waals surface area contributed by atoms with Crippen LogP contribution in [-0.2, 0) is 11.8 Å². The number of carbonyl (C=O) groups is 1. The molecule has 0 saturated heterocycles. The van der Waals surface area contributed by atoms with Crippen molar-refractivity contribution in [3.63, 3.8) is 0 Å². The van der Waals surface area contributed by atoms with E-state index < -0.39 is 5.41 Å². The van der Waals surface area contributed by atoms with E-state index in [9.17, 15) is 9.59 Å². The van der Waals surface area contributed by atoms with Gasteiger partial charge in [0, 0.05) is 19.8 Å². The Labute approximate surface area is 107 Å². The Kier molecular flexibility index (Phi) is 4.67. The van der Waals surface area contributed by atoms with E-state index in [2.05, 4.69) is 5.32 Å². The average Bonchev–Trinajstić information content (AvgIpc) is 2.38. The van der Waals surface area contributed by atoms with E-state index in [0.29, 0.717) is 18.5 Å². The van der Waals surface area contributed by atoms with Crippen LogP contribution in [0.4, 0.5) is 5.69 Å². The lowest BCUT2D eigenvalue weighted by molar-refractivity contribution is -0.125. The molecule has 100 valence electrons. The second kappa shape index (κ2) is 5.82. The Morgan fingerprint density at radius 3 is 2.56 bits per heavy atom. The Morgan fingerprint density at radius 2 is 2.06 bits per heavy atom. The number of amides is 1. The molecule has 0 spiro atoms. The molecule has 1 rings (SSSR count). The van der Waals surface area contributed by atoms with Crippen LogP contribution < -0.4 is 16.6 Å². The third-order valence-electron chi connectivity index (χ3n) is 3.60. The SMILES string of the molecule is CCC(CC)(CN)C(=O)Nc1cccn(C)c1=O. The predicted molar refractivity (Wildman–Crippen MR) is 72.4 cm³/mol. The van der Waals surface area contributed by atoms with Crippen molar-refractivity contribution in [2.45, 2.75) is 26.7 Å². The molecule has 1 amide bonds. The highest BCUT2D eigenvalue weighted by atomic mass is 16.2. The Morgan fingerprint density at radius 1 is 1.44 bits per heavy atom. The minimum Gasteiger partial charge on any atom is -0.329 e. The Bertz CT molecular complexity index is 467. The second-order valence-corrected chi connectivity index (χ2v) is 4.48. The first-order valence-electron chi connectivity index (χ1n) is 6.18. The number of hydrogen-bond donors (Lipinski definition) is 2. The van der Waals surface area contributed by atoms with E-state index in [1.807, 2.05) is 13.8 Å². The standard InChI is InChI=1S/C13H21N3O2/c1-4-13(5-2,9-14)12(18)15-10-7-6-8-16(3)11(10)17/h6-8H,4-5,9,14H2,1-3H3,(H,15,18). The van der Waals surface area contributed by atoms with Crippen LogP contribution in [0.1, 0.15) is 26.7 Å². The van der Waals surface area contributed by atoms with E-state index in [0.717, 1.165) is 0 Å². The number of carbonyl (C=O) groups excluding carboxylic acids is 1. The van der Waals surface area contributed by atoms with Crippen LogP contribution >= 0.6 is 0 Å². The first-order valence-corrected chi connectivity index (χ1v) is 6.18. The number of aryl methyl sites for hydroxylation is 1. The Hall–Kier alpha value is -1.62. The number of nitrogens with zero attached hydrogens (tertiary/aromatic N) is 1. The molecule has 3 N–H and O–H groups in total. The number of rotatable bonds is 5. The van der Waals surface area contributed by atoms with Gasteiger partial charge in [-0.15, -0.1) is 0 Å². The molecule has 0 aliphatic carbocycles. The zero-order chi connectivity index (χ0) is 13.8. The highest BCUT2D eigenvalue weighted by Gasteiger charge is 2.33. The van der Waals surface area contributed by atoms with Crippen molar-refractivity contribution >= 4 is 11.6 Å². The maximum atomic E-state index is 12.3. The molecule has 0 bridgehead atoms. The molecule has 0 fully saturated rings. The van der Waals surface area contributed by atoms with Gasteiger partial charge in [0.25, 0.3) is 5.56 Å². The van der Waals surface area contributed by atoms with Crippen LogP contribution in [0.15, 0.2) is 23.1 Å². The minimum absolute atomic E-state index is 0.182. The van der Waals surface area contributed by atoms with Crippen molar-refractivity contribution in [3.05, 3.63) is 28.7 Å². The zero-order valence-electron chi connectivity index (χ0n) is 11.2. The maximum absolute atomic E-state index is 12.3. The number of anilines is 1. The lowest BCUT2D eigenvalue weighted by Gasteiger charge is -2.28. The van der Waals surface area contributed by atoms with E-state index in [4.69, 9.17) is 5.73 Å². The van der Waals surface area contributed by atoms with Gasteiger partial charge in [-0.1, -0.05) is 13.8 Å². The summed E-state index contributed by atoms with van der Waals surface area (Å²) in [5.74, 6) is -0.182. The summed E-state index contributed by atoms with van der Waals surface area (Å²) in [5.41, 5.74) is 5.19. The van der Waals surface area contributed by atoms with Crippen LogP contribution in [0.2, 0.25) is 0 Å². The maximum Gasteiger partial charge on any atom is 0.274 e. The van der Waals surface area contributed by atoms with E-state index in [1.165, 1.54) is 4.57 Å². The minimum atomic E-state index is -0.596. The van der Waals surface area contributed by atoms with Gasteiger partial charge in [0.15, 0.2) is 0 Å². The fourth-order valence-electron chi connectivity index (χ4n) is 1.90. The van der Waals surface area contributed by atoms with E-state index in [-0.39, 0.29) is 18.0 Å². The van der Waals surface area contributed by atoms with Gasteiger partial charge >= 0.3 is 0 Å². The zero-order valence-corrected chi connectivity index (χ0v) is 11.2. The largest absolute Gasteiger partial charge is 0.329 e. The third-order valence-corrected chi connectivity index (χ3v) is 3.60. The molecule has 1 aromatic rings. The molecule has 0 aliphatic rings. The molecule has 5 heteroatoms. The first kappa shape index (κ1) is 14.4. The van der Waals surface area contributed by atoms with Crippen LogP contribution in [0.3, 0.4) is 0 Å². The molecule has 18 heavy (non-hydrogen) atoms. The molecule has 1 aromatic heterocycles. The van der Waals surface area contributed by atoms with Crippen molar-refractivity contribution in [3.8, 4) is 0 Å². The third kappa shape index (κ3) is 2.61. The van der Waals surface area contributed by atoms with Crippen LogP contribution in [0.5, 0.6) is 0 Å². The summed E-state index contributed by atoms with van der Waals surface area (Å²) in [5, 5.41) is 2.69. The molecule has 0 unspecified atom stereocenters. The van der Waals surface area contributed by atoms with Gasteiger partial charge in [-0.2, -0.15) is 0 Å². The molecule has 5 nitrogen and oxygen atoms in total. The number of pyridine rings is 1. The molecular weight excluding hydrogens is 230 g/mol. The van der Waals surface area contributed by atoms with Crippen molar-refractivity contribution in [2.75, 3.05) is 11.9 Å². The summed E-state index contributed by atoms with van der Waals surface area (Å²) in [6, 6.07) is 3.33. The van der Waals surface area contributed by atoms with Gasteiger partial charge in [0.2, 0.25) is 5.91 Å². The van der Waals surface area contributed by atoms with Gasteiger partial charge in [-0.05, 0) is 25.0 Å². The highest BCUT2D eigenvalue weighted by Crippen LogP contribution is 2.26. The van der Waals surface area contributed by atoms with Crippen molar-refractivity contribution in [1.29, 1.82) is 0 Å². The molecule has 0 aromatic carbocycles. The lowest BCUT2D eigenvalue weighted by Crippen LogP contribution is -2.42. The number of nitrogens with one attached hydrogen (secondary N) is 1. The topological polar surface area (TPSA) is 77.1 Å². The summed E-state index contributed by atoms with van der Waals surface area (Å²) in [7, 11) is 1.65. The van der Waals surface area contributed by atoms with Gasteiger partial charge in [-0.25, -0.2) is 0 Å². The lowest BCUT2D eigenvalue weighted by atomic mass is 9.81. The molecule has 0 saturated carbocycles. The van der Waals surface area contributed by atoms with Crippen molar-refractivity contribution < 1.29 is 4.79 Å². The van der Waals surface area contributed by atoms with Crippen LogP contribution in [0.25, 0.3) is 0 Å². The van der Waals surface area contributed by atoms with Gasteiger partial charge in [-0.3, -0.25) is 9.59 Å². The first-order chi connectivity index (χ1) is 8.50. The highest BCUT2D eigenvalue weighted by molar-refractivity contribution is 5.95. The van der Waals surface area contributed by atoms with Crippen molar-refractivity contribution in [1.82, 2.24) is 4.57 Å². The van der Waals surface area contributed by atoms with Gasteiger partial charge in [0.1, 0.15) is 5.69 Å². The van der Waals surface area contributed by atoms with Crippen LogP contribution in [0, 0.1) is 5.41 Å². The summed E-state index contributed by atoms with van der Waals surface area (Å²) in [4.78, 5) is 24.1. The summed E-state index contributed by atoms with van der Waals surface area (Å²) >= 11 is 0. The number of nitrogens with two attached hydrogens (primary N) is 1. The molecule has 0 radical (unpaired) electrons. The summed E-state index contributed by atoms with van der Waals surface area (Å²) in [6.07, 6.45) is 2.95. The quantitative estimate of drug-likeness (QED) is 0.822. The summed E-state index contributed by atoms with van der Waals surface area (Å²) in [6.45, 7) is 4.14. The molecular formula is C13H21N3O2. The van der Waals surface area contributed by atoms with E-state index in [1.54, 1.807) is 25.4 Å². The van der Waals surface area contributed by atoms with Crippen LogP contribution in [-0.4, -0.2) is 17.0 Å². The van der Waals surface area contributed by atoms with Gasteiger partial charge < -0.3 is 15.6 Å². The number of aromatic nitrogens is 1. The second-order valence-electron chi connectivity index (χ2n) is 4.48.